The molecule has 10 nitrogen and oxygen atoms in total. The number of hydrogen-bond donors (Lipinski definition) is 2. The molecule has 0 saturated carbocycles. The normalized spacial score (nSPS) is 13.7. The van der Waals surface area contributed by atoms with Crippen molar-refractivity contribution in [3.8, 4) is 11.5 Å². The summed E-state index contributed by atoms with van der Waals surface area (Å²) in [5.41, 5.74) is 0.618. The minimum absolute atomic E-state index is 0.0219. The van der Waals surface area contributed by atoms with E-state index < -0.39 is 11.9 Å². The maximum atomic E-state index is 12.7. The molecule has 1 aliphatic rings. The first-order valence-electron chi connectivity index (χ1n) is 9.08. The zero-order valence-corrected chi connectivity index (χ0v) is 16.7. The van der Waals surface area contributed by atoms with Gasteiger partial charge in [0.05, 0.1) is 27.0 Å². The van der Waals surface area contributed by atoms with Crippen LogP contribution in [-0.2, 0) is 16.1 Å². The second-order valence-electron chi connectivity index (χ2n) is 6.33. The summed E-state index contributed by atoms with van der Waals surface area (Å²) in [7, 11) is 3.15. The SMILES string of the molecule is COc1ccc(C(=O)N2CCN(Cc3ccco3)CC2)cc1OC.O=C(O)C(=O)O. The molecular formula is C20H24N2O8. The lowest BCUT2D eigenvalue weighted by Gasteiger charge is -2.34. The number of amides is 1. The Morgan fingerprint density at radius 2 is 1.60 bits per heavy atom. The van der Waals surface area contributed by atoms with Crippen LogP contribution in [0.2, 0.25) is 0 Å². The molecule has 0 spiro atoms. The number of nitrogens with zero attached hydrogens (tertiary/aromatic N) is 2. The lowest BCUT2D eigenvalue weighted by atomic mass is 10.1. The maximum absolute atomic E-state index is 12.7. The van der Waals surface area contributed by atoms with E-state index in [9.17, 15) is 4.79 Å². The zero-order chi connectivity index (χ0) is 22.1. The largest absolute Gasteiger partial charge is 0.493 e. The van der Waals surface area contributed by atoms with Crippen LogP contribution in [0.3, 0.4) is 0 Å². The molecule has 2 heterocycles. The first kappa shape index (κ1) is 22.8. The van der Waals surface area contributed by atoms with Gasteiger partial charge in [0, 0.05) is 31.7 Å². The Hall–Kier alpha value is -3.53. The van der Waals surface area contributed by atoms with Crippen molar-refractivity contribution >= 4 is 17.8 Å². The molecule has 30 heavy (non-hydrogen) atoms. The van der Waals surface area contributed by atoms with Gasteiger partial charge in [-0.2, -0.15) is 0 Å². The van der Waals surface area contributed by atoms with Crippen LogP contribution in [0.15, 0.2) is 41.0 Å². The molecule has 0 bridgehead atoms. The number of hydrogen-bond acceptors (Lipinski definition) is 7. The molecule has 1 amide bonds. The van der Waals surface area contributed by atoms with Crippen LogP contribution < -0.4 is 9.47 Å². The third-order valence-corrected chi connectivity index (χ3v) is 4.43. The third kappa shape index (κ3) is 6.24. The van der Waals surface area contributed by atoms with Crippen molar-refractivity contribution in [1.29, 1.82) is 0 Å². The van der Waals surface area contributed by atoms with E-state index in [-0.39, 0.29) is 5.91 Å². The van der Waals surface area contributed by atoms with E-state index in [0.29, 0.717) is 30.2 Å². The number of piperazine rings is 1. The lowest BCUT2D eigenvalue weighted by molar-refractivity contribution is -0.159. The van der Waals surface area contributed by atoms with Gasteiger partial charge >= 0.3 is 11.9 Å². The quantitative estimate of drug-likeness (QED) is 0.690. The Labute approximate surface area is 173 Å². The van der Waals surface area contributed by atoms with E-state index in [2.05, 4.69) is 4.90 Å². The highest BCUT2D eigenvalue weighted by molar-refractivity contribution is 6.27. The smallest absolute Gasteiger partial charge is 0.414 e. The molecule has 1 fully saturated rings. The van der Waals surface area contributed by atoms with Crippen molar-refractivity contribution < 1.29 is 38.5 Å². The fourth-order valence-electron chi connectivity index (χ4n) is 2.88. The molecule has 0 atom stereocenters. The van der Waals surface area contributed by atoms with Crippen molar-refractivity contribution in [1.82, 2.24) is 9.80 Å². The van der Waals surface area contributed by atoms with Gasteiger partial charge in [-0.3, -0.25) is 9.69 Å². The number of rotatable bonds is 5. The number of carboxylic acids is 2. The van der Waals surface area contributed by atoms with Crippen LogP contribution in [0, 0.1) is 0 Å². The highest BCUT2D eigenvalue weighted by Gasteiger charge is 2.23. The standard InChI is InChI=1S/C18H22N2O4.C2H2O4/c1-22-16-6-5-14(12-17(16)23-2)18(21)20-9-7-19(8-10-20)13-15-4-3-11-24-15;3-1(4)2(5)6/h3-6,11-12H,7-10,13H2,1-2H3;(H,3,4)(H,5,6). The Bertz CT molecular complexity index is 846. The van der Waals surface area contributed by atoms with Crippen LogP contribution in [0.4, 0.5) is 0 Å². The van der Waals surface area contributed by atoms with Gasteiger partial charge in [-0.1, -0.05) is 0 Å². The number of furan rings is 1. The van der Waals surface area contributed by atoms with Crippen LogP contribution >= 0.6 is 0 Å². The van der Waals surface area contributed by atoms with Crippen LogP contribution in [-0.4, -0.2) is 78.3 Å². The van der Waals surface area contributed by atoms with Crippen LogP contribution in [0.25, 0.3) is 0 Å². The molecule has 1 saturated heterocycles. The summed E-state index contributed by atoms with van der Waals surface area (Å²) in [6.45, 7) is 3.85. The van der Waals surface area contributed by atoms with E-state index in [0.717, 1.165) is 25.4 Å². The van der Waals surface area contributed by atoms with Gasteiger partial charge in [0.25, 0.3) is 5.91 Å². The Balaban J connectivity index is 0.000000469. The predicted molar refractivity (Wildman–Crippen MR) is 105 cm³/mol. The highest BCUT2D eigenvalue weighted by Crippen LogP contribution is 2.28. The number of aliphatic carboxylic acids is 2. The fourth-order valence-corrected chi connectivity index (χ4v) is 2.88. The number of carboxylic acid groups (broad SMARTS) is 2. The fraction of sp³-hybridized carbons (Fsp3) is 0.350. The van der Waals surface area contributed by atoms with Gasteiger partial charge in [-0.25, -0.2) is 9.59 Å². The van der Waals surface area contributed by atoms with Crippen LogP contribution in [0.5, 0.6) is 11.5 Å². The summed E-state index contributed by atoms with van der Waals surface area (Å²) in [6.07, 6.45) is 1.69. The topological polar surface area (TPSA) is 130 Å². The molecule has 1 aromatic carbocycles. The molecule has 3 rings (SSSR count). The summed E-state index contributed by atoms with van der Waals surface area (Å²) in [5.74, 6) is -1.48. The second kappa shape index (κ2) is 10.9. The minimum Gasteiger partial charge on any atom is -0.493 e. The average Bonchev–Trinajstić information content (AvgIpc) is 3.26. The summed E-state index contributed by atoms with van der Waals surface area (Å²) >= 11 is 0. The number of carbonyl (C=O) groups excluding carboxylic acids is 1. The van der Waals surface area contributed by atoms with Crippen molar-refractivity contribution in [2.75, 3.05) is 40.4 Å². The van der Waals surface area contributed by atoms with Gasteiger partial charge in [-0.15, -0.1) is 0 Å². The highest BCUT2D eigenvalue weighted by atomic mass is 16.5. The molecule has 0 aliphatic carbocycles. The molecule has 2 aromatic rings. The van der Waals surface area contributed by atoms with Crippen molar-refractivity contribution in [2.45, 2.75) is 6.54 Å². The summed E-state index contributed by atoms with van der Waals surface area (Å²) in [4.78, 5) is 35.0. The Morgan fingerprint density at radius 3 is 2.10 bits per heavy atom. The molecule has 10 heteroatoms. The van der Waals surface area contributed by atoms with Gasteiger partial charge < -0.3 is 29.0 Å². The van der Waals surface area contributed by atoms with Gasteiger partial charge in [0.2, 0.25) is 0 Å². The van der Waals surface area contributed by atoms with E-state index in [1.807, 2.05) is 17.0 Å². The van der Waals surface area contributed by atoms with Gasteiger partial charge in [-0.05, 0) is 30.3 Å². The molecule has 162 valence electrons. The summed E-state index contributed by atoms with van der Waals surface area (Å²) in [6, 6.07) is 9.14. The second-order valence-corrected chi connectivity index (χ2v) is 6.33. The molecule has 2 N–H and O–H groups in total. The average molecular weight is 420 g/mol. The number of benzene rings is 1. The third-order valence-electron chi connectivity index (χ3n) is 4.43. The van der Waals surface area contributed by atoms with Crippen molar-refractivity contribution in [3.63, 3.8) is 0 Å². The van der Waals surface area contributed by atoms with E-state index in [1.54, 1.807) is 38.7 Å². The number of carbonyl (C=O) groups is 3. The van der Waals surface area contributed by atoms with E-state index in [1.165, 1.54) is 0 Å². The van der Waals surface area contributed by atoms with E-state index >= 15 is 0 Å². The molecular weight excluding hydrogens is 396 g/mol. The number of ether oxygens (including phenoxy) is 2. The van der Waals surface area contributed by atoms with Crippen molar-refractivity contribution in [2.24, 2.45) is 0 Å². The summed E-state index contributed by atoms with van der Waals surface area (Å²) in [5, 5.41) is 14.8. The molecule has 0 radical (unpaired) electrons. The zero-order valence-electron chi connectivity index (χ0n) is 16.7. The first-order chi connectivity index (χ1) is 14.3. The molecule has 0 unspecified atom stereocenters. The maximum Gasteiger partial charge on any atom is 0.414 e. The molecule has 1 aromatic heterocycles. The Morgan fingerprint density at radius 1 is 0.967 bits per heavy atom. The van der Waals surface area contributed by atoms with Gasteiger partial charge in [0.15, 0.2) is 11.5 Å². The number of methoxy groups -OCH3 is 2. The summed E-state index contributed by atoms with van der Waals surface area (Å²) < 4.78 is 15.9. The Kier molecular flexibility index (Phi) is 8.24. The first-order valence-corrected chi connectivity index (χ1v) is 9.08. The van der Waals surface area contributed by atoms with E-state index in [4.69, 9.17) is 33.7 Å². The molecule has 1 aliphatic heterocycles. The minimum atomic E-state index is -1.82. The van der Waals surface area contributed by atoms with Crippen LogP contribution in [0.1, 0.15) is 16.1 Å². The predicted octanol–water partition coefficient (Wildman–Crippen LogP) is 1.41. The monoisotopic (exact) mass is 420 g/mol. The van der Waals surface area contributed by atoms with Gasteiger partial charge in [0.1, 0.15) is 5.76 Å². The lowest BCUT2D eigenvalue weighted by Crippen LogP contribution is -2.48. The van der Waals surface area contributed by atoms with Crippen molar-refractivity contribution in [3.05, 3.63) is 47.9 Å².